The number of rotatable bonds is 8. The van der Waals surface area contributed by atoms with E-state index in [0.29, 0.717) is 22.4 Å². The van der Waals surface area contributed by atoms with E-state index in [0.717, 1.165) is 16.7 Å². The number of hydrogen-bond donors (Lipinski definition) is 0. The van der Waals surface area contributed by atoms with Crippen molar-refractivity contribution in [2.75, 3.05) is 14.2 Å². The Kier molecular flexibility index (Phi) is 7.16. The molecule has 188 valence electrons. The highest BCUT2D eigenvalue weighted by Crippen LogP contribution is 2.41. The Balaban J connectivity index is 1.58. The van der Waals surface area contributed by atoms with Gasteiger partial charge in [0, 0.05) is 35.3 Å². The normalized spacial score (nSPS) is 18.5. The van der Waals surface area contributed by atoms with Crippen LogP contribution in [0.5, 0.6) is 5.75 Å². The van der Waals surface area contributed by atoms with Crippen molar-refractivity contribution in [1.82, 2.24) is 0 Å². The molecule has 1 aliphatic rings. The Labute approximate surface area is 222 Å². The number of hydrogen-bond acceptors (Lipinski definition) is 4. The quantitative estimate of drug-likeness (QED) is 0.242. The standard InChI is InChI=1S/C34H28O4/c1-37-31-19-18-27(22-29(31)24-12-6-3-7-13-24)32(35)28-20-21-34(38-2,33(36)26-16-10-5-11-17-26)30(23-28)25-14-8-4-9-15-25/h3-23,30H,1-2H3. The smallest absolute Gasteiger partial charge is 0.199 e. The number of ether oxygens (including phenoxy) is 2. The second kappa shape index (κ2) is 10.8. The topological polar surface area (TPSA) is 52.6 Å². The molecule has 0 amide bonds. The number of benzene rings is 4. The molecule has 0 aromatic heterocycles. The van der Waals surface area contributed by atoms with Crippen LogP contribution in [-0.4, -0.2) is 31.4 Å². The third-order valence-electron chi connectivity index (χ3n) is 7.01. The van der Waals surface area contributed by atoms with Crippen molar-refractivity contribution >= 4 is 11.6 Å². The second-order valence-corrected chi connectivity index (χ2v) is 9.15. The van der Waals surface area contributed by atoms with Gasteiger partial charge in [0.25, 0.3) is 0 Å². The molecule has 2 atom stereocenters. The highest BCUT2D eigenvalue weighted by atomic mass is 16.5. The molecule has 38 heavy (non-hydrogen) atoms. The van der Waals surface area contributed by atoms with Crippen LogP contribution >= 0.6 is 0 Å². The zero-order chi connectivity index (χ0) is 26.5. The summed E-state index contributed by atoms with van der Waals surface area (Å²) in [4.78, 5) is 27.7. The number of methoxy groups -OCH3 is 2. The van der Waals surface area contributed by atoms with Gasteiger partial charge < -0.3 is 9.47 Å². The summed E-state index contributed by atoms with van der Waals surface area (Å²) in [6, 6.07) is 34.1. The van der Waals surface area contributed by atoms with E-state index in [1.807, 2.05) is 97.1 Å². The molecule has 0 saturated carbocycles. The van der Waals surface area contributed by atoms with Gasteiger partial charge in [-0.25, -0.2) is 0 Å². The maximum absolute atomic E-state index is 13.9. The van der Waals surface area contributed by atoms with Crippen molar-refractivity contribution in [2.45, 2.75) is 11.5 Å². The van der Waals surface area contributed by atoms with Gasteiger partial charge >= 0.3 is 0 Å². The summed E-state index contributed by atoms with van der Waals surface area (Å²) < 4.78 is 11.6. The van der Waals surface area contributed by atoms with Crippen LogP contribution in [0.4, 0.5) is 0 Å². The predicted molar refractivity (Wildman–Crippen MR) is 150 cm³/mol. The van der Waals surface area contributed by atoms with Crippen molar-refractivity contribution in [3.63, 3.8) is 0 Å². The molecule has 4 aromatic rings. The monoisotopic (exact) mass is 500 g/mol. The van der Waals surface area contributed by atoms with Crippen LogP contribution < -0.4 is 4.74 Å². The molecule has 0 radical (unpaired) electrons. The lowest BCUT2D eigenvalue weighted by Crippen LogP contribution is -2.45. The number of carbonyl (C=O) groups is 2. The van der Waals surface area contributed by atoms with Gasteiger partial charge in [-0.05, 0) is 35.4 Å². The fourth-order valence-electron chi connectivity index (χ4n) is 5.01. The van der Waals surface area contributed by atoms with Crippen molar-refractivity contribution in [3.05, 3.63) is 150 Å². The summed E-state index contributed by atoms with van der Waals surface area (Å²) in [6.45, 7) is 0. The maximum atomic E-state index is 13.9. The Morgan fingerprint density at radius 1 is 0.737 bits per heavy atom. The lowest BCUT2D eigenvalue weighted by Gasteiger charge is -2.37. The van der Waals surface area contributed by atoms with E-state index >= 15 is 0 Å². The first-order valence-electron chi connectivity index (χ1n) is 12.5. The van der Waals surface area contributed by atoms with Gasteiger partial charge in [-0.15, -0.1) is 0 Å². The summed E-state index contributed by atoms with van der Waals surface area (Å²) in [7, 11) is 3.16. The van der Waals surface area contributed by atoms with Crippen LogP contribution in [0.1, 0.15) is 32.2 Å². The van der Waals surface area contributed by atoms with Crippen LogP contribution in [0.15, 0.2) is 133 Å². The van der Waals surface area contributed by atoms with E-state index < -0.39 is 11.5 Å². The molecule has 0 saturated heterocycles. The first-order chi connectivity index (χ1) is 18.6. The zero-order valence-corrected chi connectivity index (χ0v) is 21.3. The largest absolute Gasteiger partial charge is 0.496 e. The molecule has 0 spiro atoms. The van der Waals surface area contributed by atoms with Gasteiger partial charge in [0.1, 0.15) is 5.75 Å². The highest BCUT2D eigenvalue weighted by molar-refractivity contribution is 6.13. The summed E-state index contributed by atoms with van der Waals surface area (Å²) in [6.07, 6.45) is 5.29. The SMILES string of the molecule is COc1ccc(C(=O)C2=CC(c3ccccc3)C(OC)(C(=O)c3ccccc3)C=C2)cc1-c1ccccc1. The molecule has 5 rings (SSSR count). The van der Waals surface area contributed by atoms with Crippen molar-refractivity contribution in [2.24, 2.45) is 0 Å². The first-order valence-corrected chi connectivity index (χ1v) is 12.5. The van der Waals surface area contributed by atoms with E-state index in [-0.39, 0.29) is 11.6 Å². The number of ketones is 2. The molecule has 2 unspecified atom stereocenters. The molecule has 4 heteroatoms. The summed E-state index contributed by atoms with van der Waals surface area (Å²) >= 11 is 0. The minimum atomic E-state index is -1.29. The highest BCUT2D eigenvalue weighted by Gasteiger charge is 2.46. The minimum absolute atomic E-state index is 0.140. The number of Topliss-reactive ketones (excluding diaryl/α,β-unsaturated/α-hetero) is 2. The summed E-state index contributed by atoms with van der Waals surface area (Å²) in [5, 5.41) is 0. The molecule has 4 nitrogen and oxygen atoms in total. The van der Waals surface area contributed by atoms with Gasteiger partial charge in [-0.2, -0.15) is 0 Å². The van der Waals surface area contributed by atoms with Crippen LogP contribution in [0, 0.1) is 0 Å². The van der Waals surface area contributed by atoms with Gasteiger partial charge in [0.05, 0.1) is 7.11 Å². The van der Waals surface area contributed by atoms with Gasteiger partial charge in [-0.1, -0.05) is 103 Å². The predicted octanol–water partition coefficient (Wildman–Crippen LogP) is 7.09. The Morgan fingerprint density at radius 2 is 1.37 bits per heavy atom. The lowest BCUT2D eigenvalue weighted by atomic mass is 9.72. The van der Waals surface area contributed by atoms with Crippen LogP contribution in [-0.2, 0) is 4.74 Å². The first kappa shape index (κ1) is 25.1. The van der Waals surface area contributed by atoms with Crippen molar-refractivity contribution in [3.8, 4) is 16.9 Å². The van der Waals surface area contributed by atoms with Crippen molar-refractivity contribution in [1.29, 1.82) is 0 Å². The second-order valence-electron chi connectivity index (χ2n) is 9.15. The van der Waals surface area contributed by atoms with E-state index in [9.17, 15) is 9.59 Å². The van der Waals surface area contributed by atoms with Gasteiger partial charge in [0.2, 0.25) is 0 Å². The molecule has 4 aromatic carbocycles. The molecule has 0 bridgehead atoms. The van der Waals surface area contributed by atoms with Crippen molar-refractivity contribution < 1.29 is 19.1 Å². The summed E-state index contributed by atoms with van der Waals surface area (Å²) in [5.41, 5.74) is 2.97. The fourth-order valence-corrected chi connectivity index (χ4v) is 5.01. The van der Waals surface area contributed by atoms with Crippen LogP contribution in [0.3, 0.4) is 0 Å². The molecule has 0 aliphatic heterocycles. The molecule has 0 N–H and O–H groups in total. The zero-order valence-electron chi connectivity index (χ0n) is 21.3. The molecule has 0 fully saturated rings. The molecule has 0 heterocycles. The lowest BCUT2D eigenvalue weighted by molar-refractivity contribution is 0.0204. The third kappa shape index (κ3) is 4.62. The maximum Gasteiger partial charge on any atom is 0.199 e. The molecular weight excluding hydrogens is 472 g/mol. The Hall–Kier alpha value is -4.54. The summed E-state index contributed by atoms with van der Waals surface area (Å²) in [5.74, 6) is -0.115. The fraction of sp³-hybridized carbons (Fsp3) is 0.118. The van der Waals surface area contributed by atoms with Gasteiger partial charge in [-0.3, -0.25) is 9.59 Å². The van der Waals surface area contributed by atoms with Crippen LogP contribution in [0.25, 0.3) is 11.1 Å². The average Bonchev–Trinajstić information content (AvgIpc) is 3.01. The van der Waals surface area contributed by atoms with Gasteiger partial charge in [0.15, 0.2) is 17.2 Å². The molecule has 1 aliphatic carbocycles. The van der Waals surface area contributed by atoms with E-state index in [2.05, 4.69) is 0 Å². The van der Waals surface area contributed by atoms with E-state index in [4.69, 9.17) is 9.47 Å². The number of allylic oxidation sites excluding steroid dienone is 2. The Bertz CT molecular complexity index is 1500. The Morgan fingerprint density at radius 3 is 2.00 bits per heavy atom. The average molecular weight is 501 g/mol. The van der Waals surface area contributed by atoms with E-state index in [1.54, 1.807) is 37.5 Å². The van der Waals surface area contributed by atoms with E-state index in [1.165, 1.54) is 7.11 Å². The minimum Gasteiger partial charge on any atom is -0.496 e. The third-order valence-corrected chi connectivity index (χ3v) is 7.01. The van der Waals surface area contributed by atoms with Crippen LogP contribution in [0.2, 0.25) is 0 Å². The molecular formula is C34H28O4. The number of carbonyl (C=O) groups excluding carboxylic acids is 2.